The molecule has 1 aliphatic rings. The molecule has 24 heavy (non-hydrogen) atoms. The van der Waals surface area contributed by atoms with Gasteiger partial charge in [-0.2, -0.15) is 0 Å². The molecule has 1 aromatic rings. The number of hydrogen-bond acceptors (Lipinski definition) is 6. The van der Waals surface area contributed by atoms with Crippen molar-refractivity contribution in [2.75, 3.05) is 6.61 Å². The summed E-state index contributed by atoms with van der Waals surface area (Å²) in [5.74, 6) is -1.73. The van der Waals surface area contributed by atoms with Gasteiger partial charge in [-0.1, -0.05) is 19.9 Å². The number of Topliss-reactive ketones (excluding diaryl/α,β-unsaturated/α-hetero) is 1. The number of allylic oxidation sites excluding steroid dienone is 1. The number of carbonyl (C=O) groups excluding carboxylic acids is 2. The fourth-order valence-corrected chi connectivity index (χ4v) is 2.41. The Bertz CT molecular complexity index is 683. The van der Waals surface area contributed by atoms with Crippen molar-refractivity contribution in [3.05, 3.63) is 50.8 Å². The second-order valence-electron chi connectivity index (χ2n) is 4.53. The van der Waals surface area contributed by atoms with E-state index in [4.69, 9.17) is 16.6 Å². The highest BCUT2D eigenvalue weighted by Gasteiger charge is 2.31. The maximum atomic E-state index is 12.5. The number of ether oxygens (including phenoxy) is 1. The number of aryl methyl sites for hydroxylation is 1. The number of nitro benzene ring substituents is 1. The van der Waals surface area contributed by atoms with E-state index >= 15 is 0 Å². The van der Waals surface area contributed by atoms with E-state index in [1.165, 1.54) is 18.2 Å². The highest BCUT2D eigenvalue weighted by atomic mass is 35.5. The van der Waals surface area contributed by atoms with E-state index in [0.29, 0.717) is 12.0 Å². The van der Waals surface area contributed by atoms with Crippen LogP contribution in [0.3, 0.4) is 0 Å². The lowest BCUT2D eigenvalue weighted by Gasteiger charge is -2.18. The Morgan fingerprint density at radius 1 is 1.33 bits per heavy atom. The Kier molecular flexibility index (Phi) is 7.38. The van der Waals surface area contributed by atoms with E-state index < -0.39 is 16.7 Å². The van der Waals surface area contributed by atoms with Crippen molar-refractivity contribution >= 4 is 29.3 Å². The SMILES string of the molecule is CC.CCOC(=O)/C(OCl)=C1\CCc2ccc([N+](=O)[O-])cc2C1=O. The number of non-ortho nitro benzene ring substituents is 1. The predicted molar refractivity (Wildman–Crippen MR) is 87.7 cm³/mol. The molecule has 0 amide bonds. The molecule has 0 saturated heterocycles. The number of ketones is 1. The largest absolute Gasteiger partial charge is 0.460 e. The van der Waals surface area contributed by atoms with Crippen LogP contribution in [-0.2, 0) is 20.2 Å². The second kappa shape index (κ2) is 9.02. The van der Waals surface area contributed by atoms with Crippen molar-refractivity contribution in [2.24, 2.45) is 0 Å². The molecular formula is C16H18ClNO6. The summed E-state index contributed by atoms with van der Waals surface area (Å²) < 4.78 is 9.27. The molecule has 0 aliphatic heterocycles. The minimum Gasteiger partial charge on any atom is -0.460 e. The van der Waals surface area contributed by atoms with Crippen molar-refractivity contribution in [1.29, 1.82) is 0 Å². The van der Waals surface area contributed by atoms with Crippen LogP contribution in [0.25, 0.3) is 0 Å². The number of fused-ring (bicyclic) bond motifs is 1. The van der Waals surface area contributed by atoms with Gasteiger partial charge in [-0.15, -0.1) is 0 Å². The quantitative estimate of drug-likeness (QED) is 0.268. The van der Waals surface area contributed by atoms with Crippen molar-refractivity contribution in [3.8, 4) is 0 Å². The number of rotatable bonds is 4. The summed E-state index contributed by atoms with van der Waals surface area (Å²) >= 11 is 5.29. The molecule has 0 heterocycles. The van der Waals surface area contributed by atoms with Gasteiger partial charge in [0.15, 0.2) is 5.78 Å². The summed E-state index contributed by atoms with van der Waals surface area (Å²) in [4.78, 5) is 34.5. The van der Waals surface area contributed by atoms with E-state index in [-0.39, 0.29) is 35.6 Å². The van der Waals surface area contributed by atoms with Gasteiger partial charge in [0.05, 0.1) is 17.1 Å². The van der Waals surface area contributed by atoms with Crippen molar-refractivity contribution in [3.63, 3.8) is 0 Å². The number of esters is 1. The molecule has 0 aromatic heterocycles. The van der Waals surface area contributed by atoms with Gasteiger partial charge in [-0.3, -0.25) is 14.9 Å². The van der Waals surface area contributed by atoms with E-state index in [1.54, 1.807) is 6.92 Å². The normalized spacial score (nSPS) is 14.8. The standard InChI is InChI=1S/C14H12ClNO6.C2H6/c1-2-21-14(18)13(22-15)10-6-4-8-3-5-9(16(19)20)7-11(8)12(10)17;1-2/h3,5,7H,2,4,6H2,1H3;1-2H3/b13-10-;. The van der Waals surface area contributed by atoms with Crippen molar-refractivity contribution in [2.45, 2.75) is 33.6 Å². The number of nitro groups is 1. The minimum absolute atomic E-state index is 0.0569. The number of benzene rings is 1. The lowest BCUT2D eigenvalue weighted by atomic mass is 9.86. The first-order chi connectivity index (χ1) is 11.5. The van der Waals surface area contributed by atoms with E-state index in [0.717, 1.165) is 0 Å². The highest BCUT2D eigenvalue weighted by Crippen LogP contribution is 2.30. The first-order valence-corrected chi connectivity index (χ1v) is 7.81. The first kappa shape index (κ1) is 19.6. The number of halogens is 1. The first-order valence-electron chi connectivity index (χ1n) is 7.50. The smallest absolute Gasteiger partial charge is 0.376 e. The van der Waals surface area contributed by atoms with Gasteiger partial charge in [0.2, 0.25) is 5.76 Å². The molecule has 2 rings (SSSR count). The minimum atomic E-state index is -0.838. The highest BCUT2D eigenvalue weighted by molar-refractivity contribution is 6.16. The fraction of sp³-hybridized carbons (Fsp3) is 0.375. The van der Waals surface area contributed by atoms with Gasteiger partial charge in [0.25, 0.3) is 5.69 Å². The van der Waals surface area contributed by atoms with Crippen molar-refractivity contribution < 1.29 is 23.5 Å². The number of hydrogen-bond donors (Lipinski definition) is 0. The lowest BCUT2D eigenvalue weighted by molar-refractivity contribution is -0.384. The molecule has 0 unspecified atom stereocenters. The molecule has 0 bridgehead atoms. The Balaban J connectivity index is 0.00000139. The molecule has 0 N–H and O–H groups in total. The molecule has 0 saturated carbocycles. The molecular weight excluding hydrogens is 338 g/mol. The summed E-state index contributed by atoms with van der Waals surface area (Å²) in [5.41, 5.74) is 0.711. The molecule has 1 aromatic carbocycles. The van der Waals surface area contributed by atoms with Gasteiger partial charge < -0.3 is 9.03 Å². The molecule has 0 radical (unpaired) electrons. The van der Waals surface area contributed by atoms with Gasteiger partial charge in [0.1, 0.15) is 11.9 Å². The topological polar surface area (TPSA) is 95.7 Å². The Morgan fingerprint density at radius 3 is 2.54 bits per heavy atom. The molecule has 1 aliphatic carbocycles. The summed E-state index contributed by atoms with van der Waals surface area (Å²) in [7, 11) is 0. The lowest BCUT2D eigenvalue weighted by Crippen LogP contribution is -2.20. The summed E-state index contributed by atoms with van der Waals surface area (Å²) in [6, 6.07) is 4.06. The van der Waals surface area contributed by atoms with Crippen LogP contribution in [-0.4, -0.2) is 23.3 Å². The molecule has 8 heteroatoms. The second-order valence-corrected chi connectivity index (χ2v) is 4.69. The third-order valence-corrected chi connectivity index (χ3v) is 3.43. The average Bonchev–Trinajstić information content (AvgIpc) is 2.59. The maximum Gasteiger partial charge on any atom is 0.376 e. The van der Waals surface area contributed by atoms with Crippen LogP contribution in [0.2, 0.25) is 0 Å². The zero-order chi connectivity index (χ0) is 18.3. The summed E-state index contributed by atoms with van der Waals surface area (Å²) in [6.07, 6.45) is 0.683. The molecule has 0 spiro atoms. The zero-order valence-corrected chi connectivity index (χ0v) is 14.4. The van der Waals surface area contributed by atoms with Gasteiger partial charge in [-0.05, 0) is 25.3 Å². The van der Waals surface area contributed by atoms with E-state index in [9.17, 15) is 19.7 Å². The van der Waals surface area contributed by atoms with Crippen LogP contribution in [0.5, 0.6) is 0 Å². The monoisotopic (exact) mass is 355 g/mol. The van der Waals surface area contributed by atoms with Crippen LogP contribution in [0.1, 0.15) is 43.1 Å². The summed E-state index contributed by atoms with van der Waals surface area (Å²) in [6.45, 7) is 5.71. The zero-order valence-electron chi connectivity index (χ0n) is 13.6. The summed E-state index contributed by atoms with van der Waals surface area (Å²) in [5, 5.41) is 10.8. The van der Waals surface area contributed by atoms with Crippen molar-refractivity contribution in [1.82, 2.24) is 0 Å². The number of carbonyl (C=O) groups is 2. The van der Waals surface area contributed by atoms with E-state index in [2.05, 4.69) is 4.29 Å². The Hall–Kier alpha value is -2.41. The maximum absolute atomic E-state index is 12.5. The van der Waals surface area contributed by atoms with E-state index in [1.807, 2.05) is 13.8 Å². The molecule has 130 valence electrons. The third-order valence-electron chi connectivity index (χ3n) is 3.28. The van der Waals surface area contributed by atoms with Gasteiger partial charge >= 0.3 is 5.97 Å². The van der Waals surface area contributed by atoms with Crippen LogP contribution in [0.4, 0.5) is 5.69 Å². The van der Waals surface area contributed by atoms with Crippen LogP contribution < -0.4 is 0 Å². The average molecular weight is 356 g/mol. The van der Waals surface area contributed by atoms with Crippen LogP contribution >= 0.6 is 11.9 Å². The number of nitrogens with zero attached hydrogens (tertiary/aromatic N) is 1. The third kappa shape index (κ3) is 4.11. The molecule has 0 fully saturated rings. The van der Waals surface area contributed by atoms with Gasteiger partial charge in [-0.25, -0.2) is 4.79 Å². The van der Waals surface area contributed by atoms with Crippen LogP contribution in [0.15, 0.2) is 29.5 Å². The van der Waals surface area contributed by atoms with Crippen LogP contribution in [0, 0.1) is 10.1 Å². The Morgan fingerprint density at radius 2 is 2.00 bits per heavy atom. The Labute approximate surface area is 144 Å². The molecule has 0 atom stereocenters. The molecule has 7 nitrogen and oxygen atoms in total. The van der Waals surface area contributed by atoms with Gasteiger partial charge in [0, 0.05) is 17.7 Å². The fourth-order valence-electron chi connectivity index (χ4n) is 2.26. The predicted octanol–water partition coefficient (Wildman–Crippen LogP) is 3.74.